The van der Waals surface area contributed by atoms with Crippen LogP contribution in [0.3, 0.4) is 0 Å². The number of aryl methyl sites for hydroxylation is 1. The molecule has 4 rings (SSSR count). The highest BCUT2D eigenvalue weighted by Crippen LogP contribution is 2.36. The lowest BCUT2D eigenvalue weighted by Crippen LogP contribution is -2.42. The Bertz CT molecular complexity index is 1120. The first-order valence-corrected chi connectivity index (χ1v) is 12.4. The molecule has 0 bridgehead atoms. The smallest absolute Gasteiger partial charge is 0.339 e. The number of pyridine rings is 1. The number of nitrogens with zero attached hydrogens (tertiary/aromatic N) is 2. The van der Waals surface area contributed by atoms with Crippen molar-refractivity contribution in [2.75, 3.05) is 24.1 Å². The molecular weight excluding hydrogens is 456 g/mol. The van der Waals surface area contributed by atoms with Gasteiger partial charge in [-0.2, -0.15) is 0 Å². The number of carboxylic acid groups (broad SMARTS) is 1. The van der Waals surface area contributed by atoms with Crippen molar-refractivity contribution in [1.82, 2.24) is 4.98 Å². The second kappa shape index (κ2) is 9.25. The Balaban J connectivity index is 1.65. The van der Waals surface area contributed by atoms with Crippen molar-refractivity contribution < 1.29 is 27.8 Å². The van der Waals surface area contributed by atoms with Crippen molar-refractivity contribution in [3.05, 3.63) is 46.7 Å². The molecule has 0 radical (unpaired) electrons. The van der Waals surface area contributed by atoms with Crippen LogP contribution in [-0.4, -0.2) is 50.3 Å². The quantitative estimate of drug-likeness (QED) is 0.627. The molecular formula is C22H25ClN2O6S. The van der Waals surface area contributed by atoms with Crippen molar-refractivity contribution >= 4 is 33.3 Å². The molecule has 1 saturated heterocycles. The molecule has 172 valence electrons. The number of carboxylic acids is 1. The number of ether oxygens (including phenoxy) is 2. The van der Waals surface area contributed by atoms with Gasteiger partial charge in [-0.3, -0.25) is 4.31 Å². The van der Waals surface area contributed by atoms with Gasteiger partial charge in [0, 0.05) is 19.3 Å². The first kappa shape index (κ1) is 22.8. The number of hydrogen-bond donors (Lipinski definition) is 1. The number of carbonyl (C=O) groups is 1. The van der Waals surface area contributed by atoms with E-state index in [0.717, 1.165) is 18.4 Å². The van der Waals surface area contributed by atoms with E-state index in [1.54, 1.807) is 6.07 Å². The van der Waals surface area contributed by atoms with Gasteiger partial charge in [0.05, 0.1) is 23.4 Å². The molecule has 0 saturated carbocycles. The molecule has 1 N–H and O–H groups in total. The lowest BCUT2D eigenvalue weighted by atomic mass is 10.0. The van der Waals surface area contributed by atoms with Crippen LogP contribution in [0.1, 0.15) is 42.1 Å². The summed E-state index contributed by atoms with van der Waals surface area (Å²) in [4.78, 5) is 15.8. The van der Waals surface area contributed by atoms with Crippen LogP contribution < -0.4 is 9.04 Å². The first-order chi connectivity index (χ1) is 15.3. The van der Waals surface area contributed by atoms with Gasteiger partial charge >= 0.3 is 5.97 Å². The average Bonchev–Trinajstić information content (AvgIpc) is 2.78. The Hall–Kier alpha value is -2.36. The number of anilines is 1. The highest BCUT2D eigenvalue weighted by Gasteiger charge is 2.35. The van der Waals surface area contributed by atoms with E-state index in [0.29, 0.717) is 43.5 Å². The molecule has 1 aromatic carbocycles. The van der Waals surface area contributed by atoms with Crippen molar-refractivity contribution in [1.29, 1.82) is 0 Å². The minimum atomic E-state index is -4.03. The highest BCUT2D eigenvalue weighted by molar-refractivity contribution is 7.92. The number of halogens is 1. The van der Waals surface area contributed by atoms with Crippen LogP contribution >= 0.6 is 11.6 Å². The zero-order valence-corrected chi connectivity index (χ0v) is 19.2. The van der Waals surface area contributed by atoms with E-state index in [9.17, 15) is 18.3 Å². The summed E-state index contributed by atoms with van der Waals surface area (Å²) in [7, 11) is -4.03. The number of sulfonamides is 1. The van der Waals surface area contributed by atoms with Gasteiger partial charge in [0.25, 0.3) is 10.0 Å². The molecule has 2 aliphatic rings. The summed E-state index contributed by atoms with van der Waals surface area (Å²) >= 11 is 5.99. The fraction of sp³-hybridized carbons (Fsp3) is 0.455. The third-order valence-electron chi connectivity index (χ3n) is 5.96. The summed E-state index contributed by atoms with van der Waals surface area (Å²) in [5, 5.41) is 10.0. The van der Waals surface area contributed by atoms with Crippen molar-refractivity contribution in [3.8, 4) is 5.75 Å². The van der Waals surface area contributed by atoms with Crippen molar-refractivity contribution in [2.45, 2.75) is 43.5 Å². The highest BCUT2D eigenvalue weighted by atomic mass is 35.5. The minimum absolute atomic E-state index is 0.108. The Morgan fingerprint density at radius 3 is 2.75 bits per heavy atom. The molecule has 2 aromatic rings. The molecule has 1 atom stereocenters. The summed E-state index contributed by atoms with van der Waals surface area (Å²) in [6.45, 7) is 3.50. The number of aromatic nitrogens is 1. The van der Waals surface area contributed by atoms with E-state index >= 15 is 0 Å². The van der Waals surface area contributed by atoms with E-state index in [1.165, 1.54) is 28.7 Å². The number of hydrogen-bond acceptors (Lipinski definition) is 6. The van der Waals surface area contributed by atoms with Gasteiger partial charge in [0.15, 0.2) is 0 Å². The standard InChI is InChI=1S/C22H25ClN2O6S/c1-14-2-3-16-10-21(23)24-12-19(16)25(14)32(28,29)17-4-5-20(18(11-17)22(26)27)31-13-15-6-8-30-9-7-15/h4-5,10-12,14-15H,2-3,6-9,13H2,1H3,(H,26,27)/t14-/m0/s1. The Kier molecular flexibility index (Phi) is 6.60. The lowest BCUT2D eigenvalue weighted by Gasteiger charge is -2.35. The van der Waals surface area contributed by atoms with Crippen LogP contribution in [0.2, 0.25) is 5.15 Å². The Labute approximate surface area is 192 Å². The van der Waals surface area contributed by atoms with Gasteiger partial charge in [-0.1, -0.05) is 11.6 Å². The number of aromatic carboxylic acids is 1. The molecule has 8 nitrogen and oxygen atoms in total. The molecule has 1 fully saturated rings. The molecule has 32 heavy (non-hydrogen) atoms. The largest absolute Gasteiger partial charge is 0.492 e. The lowest BCUT2D eigenvalue weighted by molar-refractivity contribution is 0.0490. The van der Waals surface area contributed by atoms with E-state index in [2.05, 4.69) is 4.98 Å². The van der Waals surface area contributed by atoms with Crippen molar-refractivity contribution in [3.63, 3.8) is 0 Å². The zero-order chi connectivity index (χ0) is 22.9. The predicted molar refractivity (Wildman–Crippen MR) is 119 cm³/mol. The SMILES string of the molecule is C[C@H]1CCc2cc(Cl)ncc2N1S(=O)(=O)c1ccc(OCC2CCOCC2)c(C(=O)O)c1. The third-order valence-corrected chi connectivity index (χ3v) is 8.09. The Morgan fingerprint density at radius 2 is 2.03 bits per heavy atom. The molecule has 0 amide bonds. The van der Waals surface area contributed by atoms with Crippen LogP contribution in [-0.2, 0) is 21.2 Å². The van der Waals surface area contributed by atoms with Crippen LogP contribution in [0.4, 0.5) is 5.69 Å². The van der Waals surface area contributed by atoms with E-state index in [1.807, 2.05) is 6.92 Å². The van der Waals surface area contributed by atoms with Crippen LogP contribution in [0.15, 0.2) is 35.4 Å². The second-order valence-corrected chi connectivity index (χ2v) is 10.4. The number of fused-ring (bicyclic) bond motifs is 1. The maximum atomic E-state index is 13.6. The minimum Gasteiger partial charge on any atom is -0.492 e. The fourth-order valence-corrected chi connectivity index (χ4v) is 6.06. The first-order valence-electron chi connectivity index (χ1n) is 10.5. The summed E-state index contributed by atoms with van der Waals surface area (Å²) in [5.41, 5.74) is 1.07. The predicted octanol–water partition coefficient (Wildman–Crippen LogP) is 3.77. The summed E-state index contributed by atoms with van der Waals surface area (Å²) in [5.74, 6) is -0.813. The van der Waals surface area contributed by atoms with Gasteiger partial charge in [-0.05, 0) is 68.4 Å². The van der Waals surface area contributed by atoms with Gasteiger partial charge in [-0.25, -0.2) is 18.2 Å². The van der Waals surface area contributed by atoms with Crippen molar-refractivity contribution in [2.24, 2.45) is 5.92 Å². The van der Waals surface area contributed by atoms with Crippen LogP contribution in [0, 0.1) is 5.92 Å². The second-order valence-electron chi connectivity index (χ2n) is 8.15. The zero-order valence-electron chi connectivity index (χ0n) is 17.7. The average molecular weight is 481 g/mol. The topological polar surface area (TPSA) is 106 Å². The van der Waals surface area contributed by atoms with E-state index in [-0.39, 0.29) is 28.2 Å². The maximum Gasteiger partial charge on any atom is 0.339 e. The Morgan fingerprint density at radius 1 is 1.28 bits per heavy atom. The normalized spacial score (nSPS) is 19.4. The maximum absolute atomic E-state index is 13.6. The van der Waals surface area contributed by atoms with Gasteiger partial charge in [0.1, 0.15) is 16.5 Å². The summed E-state index contributed by atoms with van der Waals surface area (Å²) in [6, 6.07) is 5.34. The van der Waals surface area contributed by atoms with Gasteiger partial charge < -0.3 is 14.6 Å². The van der Waals surface area contributed by atoms with E-state index < -0.39 is 16.0 Å². The molecule has 0 spiro atoms. The number of benzene rings is 1. The molecule has 0 unspecified atom stereocenters. The number of rotatable bonds is 6. The third kappa shape index (κ3) is 4.55. The van der Waals surface area contributed by atoms with Gasteiger partial charge in [-0.15, -0.1) is 0 Å². The molecule has 1 aromatic heterocycles. The van der Waals surface area contributed by atoms with E-state index in [4.69, 9.17) is 21.1 Å². The molecule has 10 heteroatoms. The summed E-state index contributed by atoms with van der Waals surface area (Å²) in [6.07, 6.45) is 4.45. The van der Waals surface area contributed by atoms with Crippen LogP contribution in [0.25, 0.3) is 0 Å². The fourth-order valence-electron chi connectivity index (χ4n) is 4.14. The molecule has 2 aliphatic heterocycles. The molecule has 3 heterocycles. The summed E-state index contributed by atoms with van der Waals surface area (Å²) < 4.78 is 39.5. The van der Waals surface area contributed by atoms with Crippen LogP contribution in [0.5, 0.6) is 5.75 Å². The molecule has 0 aliphatic carbocycles. The monoisotopic (exact) mass is 480 g/mol. The van der Waals surface area contributed by atoms with Gasteiger partial charge in [0.2, 0.25) is 0 Å².